The molecule has 0 radical (unpaired) electrons. The molecule has 0 aliphatic carbocycles. The van der Waals surface area contributed by atoms with Crippen LogP contribution < -0.4 is 15.8 Å². The van der Waals surface area contributed by atoms with E-state index in [0.29, 0.717) is 12.3 Å². The van der Waals surface area contributed by atoms with Crippen molar-refractivity contribution in [3.8, 4) is 0 Å². The molecule has 2 rings (SSSR count). The van der Waals surface area contributed by atoms with Crippen molar-refractivity contribution in [2.45, 2.75) is 6.54 Å². The topological polar surface area (TPSA) is 89.3 Å². The maximum absolute atomic E-state index is 12.2. The summed E-state index contributed by atoms with van der Waals surface area (Å²) in [6.45, 7) is 0.628. The zero-order chi connectivity index (χ0) is 16.8. The summed E-state index contributed by atoms with van der Waals surface area (Å²) in [5.41, 5.74) is 0.421. The van der Waals surface area contributed by atoms with Crippen LogP contribution in [-0.2, 0) is 11.3 Å². The summed E-state index contributed by atoms with van der Waals surface area (Å²) in [4.78, 5) is 29.9. The van der Waals surface area contributed by atoms with Gasteiger partial charge < -0.3 is 15.0 Å². The van der Waals surface area contributed by atoms with Crippen LogP contribution in [0.15, 0.2) is 35.3 Å². The van der Waals surface area contributed by atoms with Crippen LogP contribution in [0.4, 0.5) is 11.5 Å². The molecule has 2 aromatic heterocycles. The van der Waals surface area contributed by atoms with Crippen LogP contribution in [0.5, 0.6) is 0 Å². The van der Waals surface area contributed by atoms with Gasteiger partial charge in [0.05, 0.1) is 25.0 Å². The lowest BCUT2D eigenvalue weighted by Gasteiger charge is -2.11. The van der Waals surface area contributed by atoms with E-state index in [1.54, 1.807) is 18.3 Å². The normalized spacial score (nSPS) is 10.4. The van der Waals surface area contributed by atoms with E-state index >= 15 is 0 Å². The minimum Gasteiger partial charge on any atom is -0.383 e. The number of pyridine rings is 1. The molecular formula is C15H19N5O3. The minimum absolute atomic E-state index is 0.150. The molecule has 0 saturated carbocycles. The molecule has 2 aromatic rings. The Balaban J connectivity index is 2.12. The van der Waals surface area contributed by atoms with Gasteiger partial charge in [0.1, 0.15) is 11.5 Å². The van der Waals surface area contributed by atoms with E-state index in [1.807, 2.05) is 19.0 Å². The molecule has 0 atom stereocenters. The van der Waals surface area contributed by atoms with Gasteiger partial charge in [-0.1, -0.05) is 0 Å². The van der Waals surface area contributed by atoms with Crippen LogP contribution in [0, 0.1) is 0 Å². The van der Waals surface area contributed by atoms with Gasteiger partial charge in [-0.2, -0.15) is 5.10 Å². The number of ether oxygens (including phenoxy) is 1. The van der Waals surface area contributed by atoms with Gasteiger partial charge in [0.25, 0.3) is 11.5 Å². The Bertz CT molecular complexity index is 725. The van der Waals surface area contributed by atoms with Crippen molar-refractivity contribution in [2.75, 3.05) is 38.0 Å². The summed E-state index contributed by atoms with van der Waals surface area (Å²) in [5, 5.41) is 6.73. The number of anilines is 2. The maximum Gasteiger partial charge on any atom is 0.276 e. The highest BCUT2D eigenvalue weighted by atomic mass is 16.5. The second kappa shape index (κ2) is 7.50. The maximum atomic E-state index is 12.2. The Kier molecular flexibility index (Phi) is 5.42. The third-order valence-corrected chi connectivity index (χ3v) is 3.07. The van der Waals surface area contributed by atoms with E-state index in [4.69, 9.17) is 4.74 Å². The van der Waals surface area contributed by atoms with Crippen LogP contribution in [0.3, 0.4) is 0 Å². The van der Waals surface area contributed by atoms with Crippen LogP contribution in [0.2, 0.25) is 0 Å². The largest absolute Gasteiger partial charge is 0.383 e. The van der Waals surface area contributed by atoms with Crippen molar-refractivity contribution in [3.05, 3.63) is 46.5 Å². The molecule has 0 aromatic carbocycles. The average Bonchev–Trinajstić information content (AvgIpc) is 2.54. The van der Waals surface area contributed by atoms with Crippen molar-refractivity contribution in [1.29, 1.82) is 0 Å². The zero-order valence-electron chi connectivity index (χ0n) is 13.3. The molecule has 122 valence electrons. The molecule has 0 aliphatic rings. The predicted molar refractivity (Wildman–Crippen MR) is 86.9 cm³/mol. The lowest BCUT2D eigenvalue weighted by molar-refractivity contribution is 0.101. The van der Waals surface area contributed by atoms with Gasteiger partial charge in [0.2, 0.25) is 0 Å². The minimum atomic E-state index is -0.407. The van der Waals surface area contributed by atoms with Crippen LogP contribution in [0.25, 0.3) is 0 Å². The smallest absolute Gasteiger partial charge is 0.276 e. The number of amides is 1. The highest BCUT2D eigenvalue weighted by Crippen LogP contribution is 2.12. The van der Waals surface area contributed by atoms with Crippen LogP contribution in [-0.4, -0.2) is 48.5 Å². The van der Waals surface area contributed by atoms with Crippen molar-refractivity contribution in [2.24, 2.45) is 0 Å². The Morgan fingerprint density at radius 2 is 2.09 bits per heavy atom. The molecular weight excluding hydrogens is 298 g/mol. The summed E-state index contributed by atoms with van der Waals surface area (Å²) in [7, 11) is 5.30. The van der Waals surface area contributed by atoms with Gasteiger partial charge in [0.15, 0.2) is 0 Å². The molecule has 1 amide bonds. The van der Waals surface area contributed by atoms with Crippen molar-refractivity contribution in [1.82, 2.24) is 14.8 Å². The lowest BCUT2D eigenvalue weighted by atomic mass is 10.3. The van der Waals surface area contributed by atoms with Crippen molar-refractivity contribution in [3.63, 3.8) is 0 Å². The zero-order valence-corrected chi connectivity index (χ0v) is 13.3. The van der Waals surface area contributed by atoms with Crippen molar-refractivity contribution < 1.29 is 9.53 Å². The molecule has 0 fully saturated rings. The first-order chi connectivity index (χ1) is 11.0. The number of hydrogen-bond donors (Lipinski definition) is 1. The number of nitrogens with zero attached hydrogens (tertiary/aromatic N) is 4. The molecule has 8 heteroatoms. The third-order valence-electron chi connectivity index (χ3n) is 3.07. The number of carbonyl (C=O) groups is 1. The first-order valence-corrected chi connectivity index (χ1v) is 7.03. The number of carbonyl (C=O) groups excluding carboxylic acids is 1. The summed E-state index contributed by atoms with van der Waals surface area (Å²) >= 11 is 0. The highest BCUT2D eigenvalue weighted by molar-refractivity contribution is 6.02. The van der Waals surface area contributed by atoms with E-state index in [9.17, 15) is 9.59 Å². The lowest BCUT2D eigenvalue weighted by Crippen LogP contribution is -2.27. The monoisotopic (exact) mass is 317 g/mol. The third kappa shape index (κ3) is 4.36. The Morgan fingerprint density at radius 1 is 1.30 bits per heavy atom. The van der Waals surface area contributed by atoms with Gasteiger partial charge in [-0.25, -0.2) is 9.67 Å². The van der Waals surface area contributed by atoms with E-state index < -0.39 is 5.91 Å². The first-order valence-electron chi connectivity index (χ1n) is 7.03. The Labute approximate surface area is 133 Å². The summed E-state index contributed by atoms with van der Waals surface area (Å²) in [6, 6.07) is 6.25. The predicted octanol–water partition coefficient (Wildman–Crippen LogP) is 0.603. The number of methoxy groups -OCH3 is 1. The molecule has 0 unspecified atom stereocenters. The van der Waals surface area contributed by atoms with Gasteiger partial charge in [-0.3, -0.25) is 9.59 Å². The summed E-state index contributed by atoms with van der Waals surface area (Å²) < 4.78 is 6.11. The molecule has 23 heavy (non-hydrogen) atoms. The average molecular weight is 317 g/mol. The molecule has 8 nitrogen and oxygen atoms in total. The molecule has 1 N–H and O–H groups in total. The molecule has 0 bridgehead atoms. The number of nitrogens with one attached hydrogen (secondary N) is 1. The van der Waals surface area contributed by atoms with Crippen molar-refractivity contribution >= 4 is 17.4 Å². The van der Waals surface area contributed by atoms with E-state index in [1.165, 1.54) is 23.9 Å². The van der Waals surface area contributed by atoms with Gasteiger partial charge in [-0.05, 0) is 18.2 Å². The quantitative estimate of drug-likeness (QED) is 0.839. The summed E-state index contributed by atoms with van der Waals surface area (Å²) in [5.74, 6) is 0.379. The van der Waals surface area contributed by atoms with Gasteiger partial charge >= 0.3 is 0 Å². The van der Waals surface area contributed by atoms with Crippen LogP contribution >= 0.6 is 0 Å². The number of aromatic nitrogens is 3. The van der Waals surface area contributed by atoms with Crippen LogP contribution in [0.1, 0.15) is 10.5 Å². The fraction of sp³-hybridized carbons (Fsp3) is 0.333. The van der Waals surface area contributed by atoms with Gasteiger partial charge in [-0.15, -0.1) is 0 Å². The second-order valence-electron chi connectivity index (χ2n) is 5.03. The Hall–Kier alpha value is -2.74. The SMILES string of the molecule is COCCn1nc(C(=O)Nc2ccc(N(C)C)nc2)ccc1=O. The summed E-state index contributed by atoms with van der Waals surface area (Å²) in [6.07, 6.45) is 1.56. The second-order valence-corrected chi connectivity index (χ2v) is 5.03. The molecule has 2 heterocycles. The van der Waals surface area contributed by atoms with Gasteiger partial charge in [0, 0.05) is 27.3 Å². The number of rotatable bonds is 6. The highest BCUT2D eigenvalue weighted by Gasteiger charge is 2.10. The number of hydrogen-bond acceptors (Lipinski definition) is 6. The molecule has 0 aliphatic heterocycles. The Morgan fingerprint density at radius 3 is 2.70 bits per heavy atom. The van der Waals surface area contributed by atoms with E-state index in [2.05, 4.69) is 15.4 Å². The molecule has 0 saturated heterocycles. The fourth-order valence-corrected chi connectivity index (χ4v) is 1.83. The standard InChI is InChI=1S/C15H19N5O3/c1-19(2)13-6-4-11(10-16-13)17-15(22)12-5-7-14(21)20(18-12)8-9-23-3/h4-7,10H,8-9H2,1-3H3,(H,17,22). The fourth-order valence-electron chi connectivity index (χ4n) is 1.83. The molecule has 0 spiro atoms. The van der Waals surface area contributed by atoms with E-state index in [-0.39, 0.29) is 17.8 Å². The first kappa shape index (κ1) is 16.6. The van der Waals surface area contributed by atoms with E-state index in [0.717, 1.165) is 5.82 Å².